The van der Waals surface area contributed by atoms with E-state index in [0.29, 0.717) is 17.9 Å². The van der Waals surface area contributed by atoms with Gasteiger partial charge in [-0.3, -0.25) is 4.79 Å². The Kier molecular flexibility index (Phi) is 4.94. The first-order valence-electron chi connectivity index (χ1n) is 7.77. The molecule has 1 amide bonds. The number of fused-ring (bicyclic) bond motifs is 1. The van der Waals surface area contributed by atoms with Gasteiger partial charge in [0.2, 0.25) is 5.91 Å². The van der Waals surface area contributed by atoms with E-state index in [1.165, 1.54) is 13.3 Å². The van der Waals surface area contributed by atoms with E-state index in [4.69, 9.17) is 4.74 Å². The normalized spacial score (nSPS) is 11.1. The highest BCUT2D eigenvalue weighted by Crippen LogP contribution is 2.27. The molecule has 2 aromatic carbocycles. The summed E-state index contributed by atoms with van der Waals surface area (Å²) in [4.78, 5) is 16.2. The molecule has 128 valence electrons. The standard InChI is InChI=1S/C18H18N4O3/c1-25-16-8-4-5-13(18(16)24)11-20-21-17(23)9-10-22-12-19-14-6-2-3-7-15(14)22/h2-8,11-12,24H,9-10H2,1H3,(H,21,23). The van der Waals surface area contributed by atoms with Gasteiger partial charge >= 0.3 is 0 Å². The number of nitrogens with one attached hydrogen (secondary N) is 1. The molecule has 0 unspecified atom stereocenters. The van der Waals surface area contributed by atoms with Gasteiger partial charge in [-0.1, -0.05) is 18.2 Å². The quantitative estimate of drug-likeness (QED) is 0.533. The van der Waals surface area contributed by atoms with Crippen LogP contribution in [0.4, 0.5) is 0 Å². The van der Waals surface area contributed by atoms with Crippen molar-refractivity contribution in [2.45, 2.75) is 13.0 Å². The number of rotatable bonds is 6. The van der Waals surface area contributed by atoms with E-state index in [2.05, 4.69) is 15.5 Å². The summed E-state index contributed by atoms with van der Waals surface area (Å²) in [6.45, 7) is 0.506. The number of methoxy groups -OCH3 is 1. The zero-order chi connectivity index (χ0) is 17.6. The number of hydrazone groups is 1. The van der Waals surface area contributed by atoms with Crippen molar-refractivity contribution in [2.75, 3.05) is 7.11 Å². The van der Waals surface area contributed by atoms with Gasteiger partial charge in [-0.2, -0.15) is 5.10 Å². The SMILES string of the molecule is COc1cccc(C=NNC(=O)CCn2cnc3ccccc32)c1O. The number of phenols is 1. The highest BCUT2D eigenvalue weighted by Gasteiger charge is 2.06. The lowest BCUT2D eigenvalue weighted by Crippen LogP contribution is -2.19. The highest BCUT2D eigenvalue weighted by atomic mass is 16.5. The van der Waals surface area contributed by atoms with Crippen LogP contribution in [-0.4, -0.2) is 33.9 Å². The van der Waals surface area contributed by atoms with Crippen LogP contribution in [0.5, 0.6) is 11.5 Å². The van der Waals surface area contributed by atoms with Gasteiger partial charge < -0.3 is 14.4 Å². The molecule has 0 saturated heterocycles. The van der Waals surface area contributed by atoms with Crippen LogP contribution in [0.1, 0.15) is 12.0 Å². The molecule has 25 heavy (non-hydrogen) atoms. The lowest BCUT2D eigenvalue weighted by atomic mass is 10.2. The fourth-order valence-corrected chi connectivity index (χ4v) is 2.45. The number of ether oxygens (including phenoxy) is 1. The number of aromatic nitrogens is 2. The van der Waals surface area contributed by atoms with Crippen LogP contribution in [0.2, 0.25) is 0 Å². The molecule has 0 aliphatic carbocycles. The molecule has 1 heterocycles. The van der Waals surface area contributed by atoms with Gasteiger partial charge in [0.15, 0.2) is 11.5 Å². The number of para-hydroxylation sites is 3. The number of carbonyl (C=O) groups is 1. The third-order valence-corrected chi connectivity index (χ3v) is 3.75. The van der Waals surface area contributed by atoms with Crippen LogP contribution >= 0.6 is 0 Å². The Labute approximate surface area is 144 Å². The maximum atomic E-state index is 11.9. The van der Waals surface area contributed by atoms with Crippen LogP contribution < -0.4 is 10.2 Å². The summed E-state index contributed by atoms with van der Waals surface area (Å²) < 4.78 is 6.94. The van der Waals surface area contributed by atoms with Crippen molar-refractivity contribution in [3.8, 4) is 11.5 Å². The minimum Gasteiger partial charge on any atom is -0.504 e. The van der Waals surface area contributed by atoms with E-state index >= 15 is 0 Å². The molecule has 3 rings (SSSR count). The average molecular weight is 338 g/mol. The van der Waals surface area contributed by atoms with Crippen LogP contribution in [0, 0.1) is 0 Å². The number of aryl methyl sites for hydroxylation is 1. The Hall–Kier alpha value is -3.35. The molecule has 0 aliphatic heterocycles. The molecule has 0 aliphatic rings. The fourth-order valence-electron chi connectivity index (χ4n) is 2.45. The average Bonchev–Trinajstić information content (AvgIpc) is 3.04. The van der Waals surface area contributed by atoms with Crippen LogP contribution in [0.3, 0.4) is 0 Å². The summed E-state index contributed by atoms with van der Waals surface area (Å²) in [5.74, 6) is 0.103. The first-order chi connectivity index (χ1) is 12.2. The Balaban J connectivity index is 1.56. The van der Waals surface area contributed by atoms with E-state index in [1.54, 1.807) is 24.5 Å². The Morgan fingerprint density at radius 3 is 3.00 bits per heavy atom. The molecule has 1 aromatic heterocycles. The number of amides is 1. The second kappa shape index (κ2) is 7.48. The summed E-state index contributed by atoms with van der Waals surface area (Å²) in [5.41, 5.74) is 4.79. The van der Waals surface area contributed by atoms with Gasteiger partial charge in [0, 0.05) is 18.5 Å². The monoisotopic (exact) mass is 338 g/mol. The molecule has 7 nitrogen and oxygen atoms in total. The maximum absolute atomic E-state index is 11.9. The minimum absolute atomic E-state index is 0.0205. The number of phenolic OH excluding ortho intramolecular Hbond substituents is 1. The van der Waals surface area contributed by atoms with E-state index in [1.807, 2.05) is 28.8 Å². The molecule has 0 bridgehead atoms. The van der Waals surface area contributed by atoms with Gasteiger partial charge in [-0.05, 0) is 24.3 Å². The molecule has 0 fully saturated rings. The molecular formula is C18H18N4O3. The largest absolute Gasteiger partial charge is 0.504 e. The molecular weight excluding hydrogens is 320 g/mol. The fraction of sp³-hybridized carbons (Fsp3) is 0.167. The minimum atomic E-state index is -0.226. The summed E-state index contributed by atoms with van der Waals surface area (Å²) in [6, 6.07) is 12.8. The van der Waals surface area contributed by atoms with Crippen molar-refractivity contribution < 1.29 is 14.6 Å². The zero-order valence-electron chi connectivity index (χ0n) is 13.7. The van der Waals surface area contributed by atoms with E-state index < -0.39 is 0 Å². The van der Waals surface area contributed by atoms with Crippen molar-refractivity contribution in [3.05, 3.63) is 54.4 Å². The Morgan fingerprint density at radius 2 is 2.16 bits per heavy atom. The number of nitrogens with zero attached hydrogens (tertiary/aromatic N) is 3. The lowest BCUT2D eigenvalue weighted by Gasteiger charge is -2.05. The van der Waals surface area contributed by atoms with Crippen LogP contribution in [0.25, 0.3) is 11.0 Å². The second-order valence-electron chi connectivity index (χ2n) is 5.37. The van der Waals surface area contributed by atoms with Crippen molar-refractivity contribution in [1.82, 2.24) is 15.0 Å². The highest BCUT2D eigenvalue weighted by molar-refractivity contribution is 5.86. The van der Waals surface area contributed by atoms with Gasteiger partial charge in [-0.15, -0.1) is 0 Å². The van der Waals surface area contributed by atoms with E-state index in [9.17, 15) is 9.90 Å². The number of aromatic hydroxyl groups is 1. The molecule has 2 N–H and O–H groups in total. The summed E-state index contributed by atoms with van der Waals surface area (Å²) in [7, 11) is 1.47. The number of hydrogen-bond acceptors (Lipinski definition) is 5. The molecule has 3 aromatic rings. The third-order valence-electron chi connectivity index (χ3n) is 3.75. The van der Waals surface area contributed by atoms with Gasteiger partial charge in [-0.25, -0.2) is 10.4 Å². The smallest absolute Gasteiger partial charge is 0.241 e. The number of carbonyl (C=O) groups excluding carboxylic acids is 1. The second-order valence-corrected chi connectivity index (χ2v) is 5.37. The van der Waals surface area contributed by atoms with Gasteiger partial charge in [0.1, 0.15) is 0 Å². The Bertz CT molecular complexity index is 918. The zero-order valence-corrected chi connectivity index (χ0v) is 13.7. The topological polar surface area (TPSA) is 88.7 Å². The van der Waals surface area contributed by atoms with Crippen molar-refractivity contribution in [2.24, 2.45) is 5.10 Å². The Morgan fingerprint density at radius 1 is 1.32 bits per heavy atom. The molecule has 0 radical (unpaired) electrons. The molecule has 0 saturated carbocycles. The summed E-state index contributed by atoms with van der Waals surface area (Å²) in [5, 5.41) is 13.8. The van der Waals surface area contributed by atoms with E-state index in [0.717, 1.165) is 11.0 Å². The first kappa shape index (κ1) is 16.5. The number of hydrogen-bond donors (Lipinski definition) is 2. The van der Waals surface area contributed by atoms with Crippen LogP contribution in [0.15, 0.2) is 53.9 Å². The van der Waals surface area contributed by atoms with Gasteiger partial charge in [0.05, 0.1) is 30.7 Å². The predicted octanol–water partition coefficient (Wildman–Crippen LogP) is 2.29. The molecule has 0 spiro atoms. The predicted molar refractivity (Wildman–Crippen MR) is 94.7 cm³/mol. The summed E-state index contributed by atoms with van der Waals surface area (Å²) >= 11 is 0. The van der Waals surface area contributed by atoms with E-state index in [-0.39, 0.29) is 18.1 Å². The maximum Gasteiger partial charge on any atom is 0.241 e. The number of benzene rings is 2. The van der Waals surface area contributed by atoms with Crippen molar-refractivity contribution in [1.29, 1.82) is 0 Å². The third kappa shape index (κ3) is 3.77. The molecule has 0 atom stereocenters. The van der Waals surface area contributed by atoms with Crippen molar-refractivity contribution >= 4 is 23.2 Å². The van der Waals surface area contributed by atoms with Gasteiger partial charge in [0.25, 0.3) is 0 Å². The molecule has 7 heteroatoms. The van der Waals surface area contributed by atoms with Crippen molar-refractivity contribution in [3.63, 3.8) is 0 Å². The first-order valence-corrected chi connectivity index (χ1v) is 7.77. The lowest BCUT2D eigenvalue weighted by molar-refractivity contribution is -0.121. The summed E-state index contributed by atoms with van der Waals surface area (Å²) in [6.07, 6.45) is 3.36. The van der Waals surface area contributed by atoms with Crippen LogP contribution in [-0.2, 0) is 11.3 Å². The number of imidazole rings is 1.